The number of hydrogen-bond donors (Lipinski definition) is 2. The first-order chi connectivity index (χ1) is 23.2. The molecule has 0 spiro atoms. The molecule has 1 fully saturated rings. The molecule has 1 unspecified atom stereocenters. The Morgan fingerprint density at radius 2 is 1.63 bits per heavy atom. The summed E-state index contributed by atoms with van der Waals surface area (Å²) in [6.07, 6.45) is -2.90. The standard InChI is InChI=1S/C27H27F6N5O3S2.C5H5N/c1-43(39,40)41-23-4-2-3-18-14-34-24(35-15-20(18)23)22-16-42-25(36-22)38-11-9-37(10-12-38)8-7-17-13-19(26(28,29)30)5-6-21(17)27(31,32)33;1-2-4-6-5-3-1/h2-8,13,16,24,34-35H,9-12,14-15H2,1H3;1-5H. The van der Waals surface area contributed by atoms with Crippen LogP contribution in [0, 0.1) is 0 Å². The third kappa shape index (κ3) is 9.93. The van der Waals surface area contributed by atoms with Gasteiger partial charge in [0.05, 0.1) is 23.1 Å². The molecule has 6 rings (SSSR count). The van der Waals surface area contributed by atoms with Crippen LogP contribution in [0.5, 0.6) is 5.75 Å². The smallest absolute Gasteiger partial charge is 0.382 e. The average Bonchev–Trinajstić information content (AvgIpc) is 3.44. The second-order valence-electron chi connectivity index (χ2n) is 11.1. The summed E-state index contributed by atoms with van der Waals surface area (Å²) in [7, 11) is -3.69. The van der Waals surface area contributed by atoms with Crippen molar-refractivity contribution in [3.63, 3.8) is 0 Å². The van der Waals surface area contributed by atoms with Gasteiger partial charge in [0, 0.05) is 62.6 Å². The van der Waals surface area contributed by atoms with Crippen molar-refractivity contribution in [1.82, 2.24) is 25.5 Å². The van der Waals surface area contributed by atoms with E-state index in [2.05, 4.69) is 15.6 Å². The van der Waals surface area contributed by atoms with Crippen LogP contribution in [0.3, 0.4) is 0 Å². The predicted molar refractivity (Wildman–Crippen MR) is 174 cm³/mol. The average molecular weight is 727 g/mol. The van der Waals surface area contributed by atoms with Crippen molar-refractivity contribution >= 4 is 32.7 Å². The predicted octanol–water partition coefficient (Wildman–Crippen LogP) is 6.29. The fourth-order valence-corrected chi connectivity index (χ4v) is 6.55. The van der Waals surface area contributed by atoms with Gasteiger partial charge >= 0.3 is 22.5 Å². The number of piperazine rings is 1. The molecule has 2 aliphatic heterocycles. The number of halogens is 6. The van der Waals surface area contributed by atoms with Crippen molar-refractivity contribution in [2.24, 2.45) is 0 Å². The monoisotopic (exact) mass is 726 g/mol. The molecule has 0 bridgehead atoms. The highest BCUT2D eigenvalue weighted by Crippen LogP contribution is 2.37. The van der Waals surface area contributed by atoms with Gasteiger partial charge in [-0.1, -0.05) is 18.2 Å². The van der Waals surface area contributed by atoms with Crippen molar-refractivity contribution in [3.05, 3.63) is 112 Å². The minimum atomic E-state index is -4.79. The Morgan fingerprint density at radius 3 is 2.24 bits per heavy atom. The Morgan fingerprint density at radius 1 is 0.918 bits per heavy atom. The van der Waals surface area contributed by atoms with Gasteiger partial charge in [-0.2, -0.15) is 34.8 Å². The Bertz CT molecular complexity index is 1820. The quantitative estimate of drug-likeness (QED) is 0.176. The number of thiazole rings is 1. The normalized spacial score (nSPS) is 17.2. The van der Waals surface area contributed by atoms with E-state index in [1.54, 1.807) is 29.4 Å². The van der Waals surface area contributed by atoms with Crippen LogP contribution in [-0.4, -0.2) is 55.7 Å². The largest absolute Gasteiger partial charge is 0.416 e. The van der Waals surface area contributed by atoms with Crippen LogP contribution in [0.2, 0.25) is 0 Å². The zero-order chi connectivity index (χ0) is 35.2. The van der Waals surface area contributed by atoms with Crippen molar-refractivity contribution in [1.29, 1.82) is 0 Å². The zero-order valence-electron chi connectivity index (χ0n) is 26.0. The number of rotatable bonds is 6. The van der Waals surface area contributed by atoms with E-state index in [-0.39, 0.29) is 11.9 Å². The first-order valence-electron chi connectivity index (χ1n) is 14.9. The van der Waals surface area contributed by atoms with E-state index in [1.165, 1.54) is 17.5 Å². The van der Waals surface area contributed by atoms with Crippen molar-refractivity contribution in [2.45, 2.75) is 31.6 Å². The minimum Gasteiger partial charge on any atom is -0.382 e. The molecule has 0 aliphatic carbocycles. The molecule has 17 heteroatoms. The van der Waals surface area contributed by atoms with Crippen molar-refractivity contribution in [3.8, 4) is 5.75 Å². The maximum atomic E-state index is 13.4. The molecule has 2 N–H and O–H groups in total. The lowest BCUT2D eigenvalue weighted by Gasteiger charge is -2.34. The van der Waals surface area contributed by atoms with Crippen molar-refractivity contribution < 1.29 is 38.9 Å². The zero-order valence-corrected chi connectivity index (χ0v) is 27.6. The van der Waals surface area contributed by atoms with E-state index in [0.29, 0.717) is 57.5 Å². The van der Waals surface area contributed by atoms with Gasteiger partial charge in [0.15, 0.2) is 5.13 Å². The van der Waals surface area contributed by atoms with Crippen LogP contribution in [0.25, 0.3) is 6.08 Å². The number of nitrogens with zero attached hydrogens (tertiary/aromatic N) is 4. The molecule has 2 aromatic carbocycles. The van der Waals surface area contributed by atoms with Crippen LogP contribution in [0.4, 0.5) is 31.5 Å². The van der Waals surface area contributed by atoms with E-state index in [9.17, 15) is 34.8 Å². The summed E-state index contributed by atoms with van der Waals surface area (Å²) in [4.78, 5) is 12.3. The lowest BCUT2D eigenvalue weighted by molar-refractivity contribution is -0.141. The molecule has 9 nitrogen and oxygen atoms in total. The fourth-order valence-electron chi connectivity index (χ4n) is 5.17. The highest BCUT2D eigenvalue weighted by atomic mass is 32.2. The highest BCUT2D eigenvalue weighted by Gasteiger charge is 2.36. The van der Waals surface area contributed by atoms with Crippen LogP contribution >= 0.6 is 11.3 Å². The highest BCUT2D eigenvalue weighted by molar-refractivity contribution is 7.86. The molecule has 262 valence electrons. The molecular weight excluding hydrogens is 695 g/mol. The summed E-state index contributed by atoms with van der Waals surface area (Å²) in [5, 5.41) is 9.36. The summed E-state index contributed by atoms with van der Waals surface area (Å²) in [6, 6.07) is 12.3. The molecule has 4 aromatic rings. The molecule has 1 saturated heterocycles. The summed E-state index contributed by atoms with van der Waals surface area (Å²) in [5.74, 6) is 0.267. The Kier molecular flexibility index (Phi) is 11.2. The minimum absolute atomic E-state index is 0.267. The van der Waals surface area contributed by atoms with Crippen LogP contribution in [0.15, 0.2) is 78.6 Å². The second-order valence-corrected chi connectivity index (χ2v) is 13.5. The molecule has 49 heavy (non-hydrogen) atoms. The lowest BCUT2D eigenvalue weighted by Crippen LogP contribution is -2.44. The van der Waals surface area contributed by atoms with Gasteiger partial charge < -0.3 is 14.0 Å². The maximum absolute atomic E-state index is 13.4. The van der Waals surface area contributed by atoms with Gasteiger partial charge in [0.1, 0.15) is 11.9 Å². The summed E-state index contributed by atoms with van der Waals surface area (Å²) >= 11 is 1.43. The molecule has 2 aromatic heterocycles. The summed E-state index contributed by atoms with van der Waals surface area (Å²) < 4.78 is 108. The van der Waals surface area contributed by atoms with Crippen molar-refractivity contribution in [2.75, 3.05) is 37.3 Å². The van der Waals surface area contributed by atoms with E-state index < -0.39 is 39.2 Å². The molecule has 0 saturated carbocycles. The number of hydrogen-bond acceptors (Lipinski definition) is 10. The topological polar surface area (TPSA) is 99.7 Å². The first kappa shape index (κ1) is 36.1. The van der Waals surface area contributed by atoms with Gasteiger partial charge in [-0.25, -0.2) is 4.98 Å². The van der Waals surface area contributed by atoms with Gasteiger partial charge in [-0.15, -0.1) is 11.3 Å². The van der Waals surface area contributed by atoms with Crippen LogP contribution < -0.4 is 19.7 Å². The molecule has 4 heterocycles. The Balaban J connectivity index is 0.000000704. The Hall–Kier alpha value is -4.19. The van der Waals surface area contributed by atoms with E-state index >= 15 is 0 Å². The number of anilines is 1. The number of benzene rings is 2. The number of aromatic nitrogens is 2. The Labute approximate surface area is 283 Å². The van der Waals surface area contributed by atoms with Crippen LogP contribution in [-0.2, 0) is 35.6 Å². The summed E-state index contributed by atoms with van der Waals surface area (Å²) in [5.41, 5.74) is -0.458. The van der Waals surface area contributed by atoms with Gasteiger partial charge in [0.2, 0.25) is 0 Å². The van der Waals surface area contributed by atoms with Gasteiger partial charge in [-0.05, 0) is 59.8 Å². The molecular formula is C32H32F6N6O3S2. The van der Waals surface area contributed by atoms with E-state index in [4.69, 9.17) is 9.17 Å². The first-order valence-corrected chi connectivity index (χ1v) is 17.6. The molecule has 2 aliphatic rings. The van der Waals surface area contributed by atoms with Gasteiger partial charge in [-0.3, -0.25) is 15.6 Å². The third-order valence-electron chi connectivity index (χ3n) is 7.56. The van der Waals surface area contributed by atoms with Gasteiger partial charge in [0.25, 0.3) is 0 Å². The fraction of sp³-hybridized carbons (Fsp3) is 0.312. The van der Waals surface area contributed by atoms with E-state index in [0.717, 1.165) is 34.3 Å². The number of alkyl halides is 6. The maximum Gasteiger partial charge on any atom is 0.416 e. The molecule has 0 radical (unpaired) electrons. The summed E-state index contributed by atoms with van der Waals surface area (Å²) in [6.45, 7) is 2.69. The van der Waals surface area contributed by atoms with E-state index in [1.807, 2.05) is 34.5 Å². The lowest BCUT2D eigenvalue weighted by atomic mass is 10.0. The second kappa shape index (κ2) is 15.1. The third-order valence-corrected chi connectivity index (χ3v) is 8.96. The van der Waals surface area contributed by atoms with Crippen LogP contribution in [0.1, 0.15) is 39.7 Å². The SMILES string of the molecule is CS(=O)(=O)Oc1cccc2c1CNC(c1csc(N3CCN(C=Cc4cc(C(F)(F)F)ccc4C(F)(F)F)CC3)n1)NC2.c1ccncc1. The molecule has 0 amide bonds. The molecule has 1 atom stereocenters. The number of fused-ring (bicyclic) bond motifs is 1. The number of pyridine rings is 1. The number of nitrogens with one attached hydrogen (secondary N) is 2.